The SMILES string of the molecule is O=C([O-])[C@@H](O)[C@H](O)C(=O)[O-].[Fe+2]. The molecule has 0 aromatic heterocycles. The van der Waals surface area contributed by atoms with Crippen molar-refractivity contribution in [2.75, 3.05) is 0 Å². The zero-order valence-corrected chi connectivity index (χ0v) is 6.14. The second kappa shape index (κ2) is 5.09. The van der Waals surface area contributed by atoms with Crippen LogP contribution in [0.1, 0.15) is 0 Å². The van der Waals surface area contributed by atoms with Gasteiger partial charge in [-0.15, -0.1) is 0 Å². The zero-order valence-electron chi connectivity index (χ0n) is 5.04. The fourth-order valence-corrected chi connectivity index (χ4v) is 0.258. The van der Waals surface area contributed by atoms with Gasteiger partial charge in [0, 0.05) is 0 Å². The molecule has 0 aromatic rings. The molecule has 0 spiro atoms. The molecule has 2 N–H and O–H groups in total. The maximum atomic E-state index is 9.63. The van der Waals surface area contributed by atoms with E-state index in [9.17, 15) is 19.8 Å². The van der Waals surface area contributed by atoms with E-state index in [1.165, 1.54) is 0 Å². The Morgan fingerprint density at radius 3 is 1.27 bits per heavy atom. The Morgan fingerprint density at radius 1 is 1.00 bits per heavy atom. The molecule has 11 heavy (non-hydrogen) atoms. The molecule has 0 unspecified atom stereocenters. The quantitative estimate of drug-likeness (QED) is 0.445. The number of hydrogen-bond acceptors (Lipinski definition) is 6. The van der Waals surface area contributed by atoms with Gasteiger partial charge < -0.3 is 30.0 Å². The van der Waals surface area contributed by atoms with Crippen LogP contribution in [0.3, 0.4) is 0 Å². The molecule has 7 heteroatoms. The molecule has 0 aliphatic rings. The van der Waals surface area contributed by atoms with E-state index >= 15 is 0 Å². The van der Waals surface area contributed by atoms with Gasteiger partial charge in [-0.1, -0.05) is 0 Å². The summed E-state index contributed by atoms with van der Waals surface area (Å²) in [6.45, 7) is 0. The number of carboxylic acids is 2. The number of aliphatic hydroxyl groups excluding tert-OH is 2. The van der Waals surface area contributed by atoms with Gasteiger partial charge in [0.25, 0.3) is 0 Å². The topological polar surface area (TPSA) is 121 Å². The van der Waals surface area contributed by atoms with Gasteiger partial charge in [0.2, 0.25) is 0 Å². The number of aliphatic carboxylic acids is 2. The average molecular weight is 204 g/mol. The summed E-state index contributed by atoms with van der Waals surface area (Å²) in [6.07, 6.45) is -4.88. The Balaban J connectivity index is 0. The van der Waals surface area contributed by atoms with E-state index in [1.54, 1.807) is 0 Å². The Morgan fingerprint density at radius 2 is 1.18 bits per heavy atom. The minimum Gasteiger partial charge on any atom is -0.547 e. The van der Waals surface area contributed by atoms with E-state index in [0.29, 0.717) is 0 Å². The summed E-state index contributed by atoms with van der Waals surface area (Å²) in [4.78, 5) is 19.3. The van der Waals surface area contributed by atoms with Gasteiger partial charge in [0.1, 0.15) is 12.2 Å². The molecule has 0 aliphatic heterocycles. The van der Waals surface area contributed by atoms with Crippen LogP contribution < -0.4 is 10.2 Å². The van der Waals surface area contributed by atoms with Crippen molar-refractivity contribution < 1.29 is 47.1 Å². The first-order chi connectivity index (χ1) is 4.46. The van der Waals surface area contributed by atoms with E-state index in [-0.39, 0.29) is 17.1 Å². The van der Waals surface area contributed by atoms with Gasteiger partial charge in [0.05, 0.1) is 11.9 Å². The van der Waals surface area contributed by atoms with Crippen LogP contribution in [0.15, 0.2) is 0 Å². The van der Waals surface area contributed by atoms with Gasteiger partial charge in [-0.05, 0) is 0 Å². The standard InChI is InChI=1S/C4H6O6.Fe/c5-1(3(7)8)2(6)4(9)10;/h1-2,5-6H,(H,7,8)(H,9,10);/q;+2/p-2/t1-,2-;/m0./s1. The number of aliphatic hydroxyl groups is 2. The monoisotopic (exact) mass is 204 g/mol. The van der Waals surface area contributed by atoms with Crippen molar-refractivity contribution in [1.82, 2.24) is 0 Å². The fourth-order valence-electron chi connectivity index (χ4n) is 0.258. The number of carbonyl (C=O) groups is 2. The van der Waals surface area contributed by atoms with Crippen molar-refractivity contribution in [3.8, 4) is 0 Å². The predicted octanol–water partition coefficient (Wildman–Crippen LogP) is -4.79. The predicted molar refractivity (Wildman–Crippen MR) is 22.0 cm³/mol. The van der Waals surface area contributed by atoms with E-state index in [4.69, 9.17) is 10.2 Å². The number of hydrogen-bond donors (Lipinski definition) is 2. The summed E-state index contributed by atoms with van der Waals surface area (Å²) in [5.41, 5.74) is 0. The van der Waals surface area contributed by atoms with Crippen molar-refractivity contribution in [2.24, 2.45) is 0 Å². The summed E-state index contributed by atoms with van der Waals surface area (Å²) in [5.74, 6) is -4.12. The van der Waals surface area contributed by atoms with Crippen LogP contribution in [-0.4, -0.2) is 34.4 Å². The van der Waals surface area contributed by atoms with Gasteiger partial charge in [0.15, 0.2) is 0 Å². The first kappa shape index (κ1) is 13.0. The molecule has 2 atom stereocenters. The van der Waals surface area contributed by atoms with E-state index in [0.717, 1.165) is 0 Å². The second-order valence-electron chi connectivity index (χ2n) is 1.53. The first-order valence-electron chi connectivity index (χ1n) is 2.24. The average Bonchev–Trinajstić information content (AvgIpc) is 1.84. The van der Waals surface area contributed by atoms with Crippen LogP contribution in [0.25, 0.3) is 0 Å². The molecule has 0 fully saturated rings. The maximum absolute atomic E-state index is 9.63. The summed E-state index contributed by atoms with van der Waals surface area (Å²) in [6, 6.07) is 0. The van der Waals surface area contributed by atoms with Gasteiger partial charge in [-0.25, -0.2) is 0 Å². The second-order valence-corrected chi connectivity index (χ2v) is 1.53. The third-order valence-electron chi connectivity index (χ3n) is 0.782. The van der Waals surface area contributed by atoms with Crippen LogP contribution in [0, 0.1) is 0 Å². The summed E-state index contributed by atoms with van der Waals surface area (Å²) in [7, 11) is 0. The van der Waals surface area contributed by atoms with Gasteiger partial charge >= 0.3 is 17.1 Å². The Labute approximate surface area is 71.9 Å². The normalized spacial score (nSPS) is 14.4. The van der Waals surface area contributed by atoms with Crippen LogP contribution >= 0.6 is 0 Å². The molecule has 0 saturated heterocycles. The van der Waals surface area contributed by atoms with Gasteiger partial charge in [-0.3, -0.25) is 0 Å². The molecular weight excluding hydrogens is 200 g/mol. The molecular formula is C4H4FeO6. The van der Waals surface area contributed by atoms with Crippen LogP contribution in [-0.2, 0) is 26.7 Å². The van der Waals surface area contributed by atoms with Crippen molar-refractivity contribution in [3.05, 3.63) is 0 Å². The molecule has 0 radical (unpaired) electrons. The third kappa shape index (κ3) is 3.94. The molecule has 6 nitrogen and oxygen atoms in total. The smallest absolute Gasteiger partial charge is 0.547 e. The largest absolute Gasteiger partial charge is 2.00 e. The zero-order chi connectivity index (χ0) is 8.31. The summed E-state index contributed by atoms with van der Waals surface area (Å²) >= 11 is 0. The minimum absolute atomic E-state index is 0. The molecule has 0 aromatic carbocycles. The molecule has 0 rings (SSSR count). The van der Waals surface area contributed by atoms with E-state index < -0.39 is 24.1 Å². The Bertz CT molecular complexity index is 139. The van der Waals surface area contributed by atoms with E-state index in [2.05, 4.69) is 0 Å². The molecule has 0 saturated carbocycles. The van der Waals surface area contributed by atoms with Crippen molar-refractivity contribution in [2.45, 2.75) is 12.2 Å². The van der Waals surface area contributed by atoms with Gasteiger partial charge in [-0.2, -0.15) is 0 Å². The number of rotatable bonds is 3. The Hall–Kier alpha value is -0.621. The van der Waals surface area contributed by atoms with Crippen LogP contribution in [0.5, 0.6) is 0 Å². The summed E-state index contributed by atoms with van der Waals surface area (Å²) in [5, 5.41) is 35.7. The maximum Gasteiger partial charge on any atom is 2.00 e. The summed E-state index contributed by atoms with van der Waals surface area (Å²) < 4.78 is 0. The third-order valence-corrected chi connectivity index (χ3v) is 0.782. The van der Waals surface area contributed by atoms with Crippen LogP contribution in [0.2, 0.25) is 0 Å². The number of carboxylic acid groups (broad SMARTS) is 2. The fraction of sp³-hybridized carbons (Fsp3) is 0.500. The molecule has 0 heterocycles. The minimum atomic E-state index is -2.44. The van der Waals surface area contributed by atoms with Crippen LogP contribution in [0.4, 0.5) is 0 Å². The van der Waals surface area contributed by atoms with Crippen molar-refractivity contribution in [1.29, 1.82) is 0 Å². The molecule has 0 aliphatic carbocycles. The molecule has 0 amide bonds. The number of carbonyl (C=O) groups excluding carboxylic acids is 2. The van der Waals surface area contributed by atoms with E-state index in [1.807, 2.05) is 0 Å². The van der Waals surface area contributed by atoms with Crippen molar-refractivity contribution >= 4 is 11.9 Å². The molecule has 64 valence electrons. The molecule has 0 bridgehead atoms. The Kier molecular flexibility index (Phi) is 6.01. The van der Waals surface area contributed by atoms with Crippen molar-refractivity contribution in [3.63, 3.8) is 0 Å². The first-order valence-corrected chi connectivity index (χ1v) is 2.24.